The van der Waals surface area contributed by atoms with Gasteiger partial charge < -0.3 is 19.2 Å². The summed E-state index contributed by atoms with van der Waals surface area (Å²) in [5, 5.41) is 4.55. The van der Waals surface area contributed by atoms with E-state index < -0.39 is 0 Å². The smallest absolute Gasteiger partial charge is 0.655 e. The predicted molar refractivity (Wildman–Crippen MR) is 93.2 cm³/mol. The minimum Gasteiger partial charge on any atom is -0.655 e. The number of aliphatic imine (C=N–C) groups is 1. The van der Waals surface area contributed by atoms with Crippen LogP contribution in [0, 0.1) is 19.3 Å². The van der Waals surface area contributed by atoms with Crippen molar-refractivity contribution in [2.75, 3.05) is 6.54 Å². The van der Waals surface area contributed by atoms with Gasteiger partial charge in [0.2, 0.25) is 0 Å². The van der Waals surface area contributed by atoms with Gasteiger partial charge in [0, 0.05) is 0 Å². The van der Waals surface area contributed by atoms with Gasteiger partial charge in [0.05, 0.1) is 5.54 Å². The van der Waals surface area contributed by atoms with Gasteiger partial charge in [0.25, 0.3) is 0 Å². The van der Waals surface area contributed by atoms with Gasteiger partial charge in [-0.05, 0) is 32.4 Å². The van der Waals surface area contributed by atoms with Gasteiger partial charge in [-0.2, -0.15) is 20.4 Å². The number of hydrogen-bond donors (Lipinski definition) is 0. The first kappa shape index (κ1) is 27.5. The Labute approximate surface area is 134 Å². The maximum atomic E-state index is 4.55. The summed E-state index contributed by atoms with van der Waals surface area (Å²) >= 11 is 0. The van der Waals surface area contributed by atoms with Crippen molar-refractivity contribution in [2.24, 2.45) is 10.4 Å². The van der Waals surface area contributed by atoms with E-state index in [9.17, 15) is 0 Å². The molecular weight excluding hydrogens is 247 g/mol. The van der Waals surface area contributed by atoms with E-state index in [-0.39, 0.29) is 34.4 Å². The molecule has 1 unspecified atom stereocenters. The molecule has 0 amide bonds. The molecule has 0 aliphatic rings. The van der Waals surface area contributed by atoms with Gasteiger partial charge in [-0.3, -0.25) is 4.99 Å². The summed E-state index contributed by atoms with van der Waals surface area (Å²) in [5.74, 6) is 0. The molecule has 0 bridgehead atoms. The molecule has 0 aromatic rings. The third kappa shape index (κ3) is 20.6. The topological polar surface area (TPSA) is 26.5 Å². The molecule has 0 N–H and O–H groups in total. The number of nitrogens with zero attached hydrogens (tertiary/aromatic N) is 2. The molecule has 2 nitrogen and oxygen atoms in total. The standard InChI is InChI=1S/C12H25N2.2C2H5.Al/c1-8-13-10(11(2,3)4)9-14-12(5,6)7;2*1-2;/h9-10H,8H2,1-7H3;2*1H2,2H3;/q3*-1;+3. The van der Waals surface area contributed by atoms with E-state index in [4.69, 9.17) is 0 Å². The predicted octanol–water partition coefficient (Wildman–Crippen LogP) is 4.96. The van der Waals surface area contributed by atoms with Gasteiger partial charge in [0.15, 0.2) is 0 Å². The summed E-state index contributed by atoms with van der Waals surface area (Å²) in [6.07, 6.45) is 2.00. The molecule has 0 fully saturated rings. The van der Waals surface area contributed by atoms with Crippen LogP contribution in [0.15, 0.2) is 4.99 Å². The minimum atomic E-state index is 0. The van der Waals surface area contributed by atoms with Crippen LogP contribution in [0.4, 0.5) is 0 Å². The Morgan fingerprint density at radius 1 is 1.00 bits per heavy atom. The van der Waals surface area contributed by atoms with Crippen molar-refractivity contribution in [1.29, 1.82) is 0 Å². The maximum Gasteiger partial charge on any atom is 3.00 e. The van der Waals surface area contributed by atoms with E-state index in [0.717, 1.165) is 6.54 Å². The zero-order chi connectivity index (χ0) is 15.4. The van der Waals surface area contributed by atoms with Gasteiger partial charge in [0.1, 0.15) is 0 Å². The molecule has 1 atom stereocenters. The summed E-state index contributed by atoms with van der Waals surface area (Å²) in [6, 6.07) is 0.228. The van der Waals surface area contributed by atoms with Crippen LogP contribution in [0.5, 0.6) is 0 Å². The molecule has 0 saturated heterocycles. The molecule has 0 spiro atoms. The van der Waals surface area contributed by atoms with Crippen molar-refractivity contribution in [3.05, 3.63) is 19.2 Å². The van der Waals surface area contributed by atoms with E-state index in [1.807, 2.05) is 6.21 Å². The maximum absolute atomic E-state index is 4.55. The van der Waals surface area contributed by atoms with Crippen LogP contribution in [-0.4, -0.2) is 41.7 Å². The third-order valence-electron chi connectivity index (χ3n) is 1.87. The molecule has 0 aliphatic carbocycles. The van der Waals surface area contributed by atoms with Crippen LogP contribution in [0.2, 0.25) is 0 Å². The molecule has 19 heavy (non-hydrogen) atoms. The molecule has 112 valence electrons. The van der Waals surface area contributed by atoms with Crippen LogP contribution in [-0.2, 0) is 0 Å². The Bertz CT molecular complexity index is 188. The fourth-order valence-electron chi connectivity index (χ4n) is 1.04. The SMILES string of the molecule is CC[N-]C(C=NC(C)(C)C)C(C)(C)C.[Al+3].[CH2-]C.[CH2-]C. The second-order valence-corrected chi connectivity index (χ2v) is 5.76. The third-order valence-corrected chi connectivity index (χ3v) is 1.87. The van der Waals surface area contributed by atoms with Gasteiger partial charge in [-0.1, -0.05) is 33.7 Å². The largest absolute Gasteiger partial charge is 3.00 e. The molecular formula is C16H35AlN2. The Balaban J connectivity index is -0.000000204. The summed E-state index contributed by atoms with van der Waals surface area (Å²) in [6.45, 7) is 25.9. The summed E-state index contributed by atoms with van der Waals surface area (Å²) in [5.41, 5.74) is 0.178. The van der Waals surface area contributed by atoms with Gasteiger partial charge >= 0.3 is 17.4 Å². The van der Waals surface area contributed by atoms with Crippen LogP contribution < -0.4 is 0 Å². The average Bonchev–Trinajstić information content (AvgIpc) is 2.27. The fraction of sp³-hybridized carbons (Fsp3) is 0.812. The summed E-state index contributed by atoms with van der Waals surface area (Å²) in [7, 11) is 0. The molecule has 0 heterocycles. The normalized spacial score (nSPS) is 12.6. The Morgan fingerprint density at radius 2 is 1.37 bits per heavy atom. The minimum absolute atomic E-state index is 0. The molecule has 0 radical (unpaired) electrons. The van der Waals surface area contributed by atoms with Crippen molar-refractivity contribution in [1.82, 2.24) is 0 Å². The van der Waals surface area contributed by atoms with E-state index in [1.165, 1.54) is 0 Å². The van der Waals surface area contributed by atoms with Crippen molar-refractivity contribution in [3.63, 3.8) is 0 Å². The zero-order valence-corrected chi connectivity index (χ0v) is 15.9. The van der Waals surface area contributed by atoms with Gasteiger partial charge in [-0.15, -0.1) is 0 Å². The van der Waals surface area contributed by atoms with Crippen LogP contribution in [0.1, 0.15) is 62.3 Å². The number of hydrogen-bond acceptors (Lipinski definition) is 1. The Morgan fingerprint density at radius 3 is 1.58 bits per heavy atom. The molecule has 3 heteroatoms. The van der Waals surface area contributed by atoms with Crippen LogP contribution in [0.25, 0.3) is 5.32 Å². The second-order valence-electron chi connectivity index (χ2n) is 5.76. The van der Waals surface area contributed by atoms with E-state index in [1.54, 1.807) is 13.8 Å². The molecule has 0 aromatic heterocycles. The van der Waals surface area contributed by atoms with Crippen LogP contribution in [0.3, 0.4) is 0 Å². The van der Waals surface area contributed by atoms with Crippen LogP contribution >= 0.6 is 0 Å². The first-order valence-electron chi connectivity index (χ1n) is 6.80. The van der Waals surface area contributed by atoms with Crippen molar-refractivity contribution in [2.45, 2.75) is 73.9 Å². The first-order valence-corrected chi connectivity index (χ1v) is 6.80. The van der Waals surface area contributed by atoms with Crippen molar-refractivity contribution < 1.29 is 0 Å². The summed E-state index contributed by atoms with van der Waals surface area (Å²) < 4.78 is 0. The monoisotopic (exact) mass is 282 g/mol. The molecule has 0 aliphatic heterocycles. The second kappa shape index (κ2) is 14.6. The quantitative estimate of drug-likeness (QED) is 0.397. The molecule has 0 saturated carbocycles. The first-order chi connectivity index (χ1) is 8.17. The molecule has 0 rings (SSSR count). The van der Waals surface area contributed by atoms with Crippen molar-refractivity contribution in [3.8, 4) is 0 Å². The van der Waals surface area contributed by atoms with E-state index in [2.05, 4.69) is 72.6 Å². The Kier molecular flexibility index (Phi) is 21.1. The average molecular weight is 282 g/mol. The zero-order valence-electron chi connectivity index (χ0n) is 14.7. The summed E-state index contributed by atoms with van der Waals surface area (Å²) in [4.78, 5) is 4.52. The van der Waals surface area contributed by atoms with Crippen molar-refractivity contribution >= 4 is 23.6 Å². The fourth-order valence-corrected chi connectivity index (χ4v) is 1.04. The Hall–Kier alpha value is 0.162. The van der Waals surface area contributed by atoms with Gasteiger partial charge in [-0.25, -0.2) is 0 Å². The van der Waals surface area contributed by atoms with E-state index in [0.29, 0.717) is 0 Å². The van der Waals surface area contributed by atoms with E-state index >= 15 is 0 Å². The number of rotatable bonds is 3. The molecule has 0 aromatic carbocycles.